The number of carbonyl (C=O) groups is 2. The van der Waals surface area contributed by atoms with Crippen molar-refractivity contribution in [3.05, 3.63) is 34.9 Å². The summed E-state index contributed by atoms with van der Waals surface area (Å²) in [6.45, 7) is 5.20. The van der Waals surface area contributed by atoms with E-state index in [-0.39, 0.29) is 5.91 Å². The summed E-state index contributed by atoms with van der Waals surface area (Å²) in [5.41, 5.74) is 2.43. The van der Waals surface area contributed by atoms with E-state index in [1.54, 1.807) is 6.07 Å². The molecule has 1 unspecified atom stereocenters. The first-order valence-electron chi connectivity index (χ1n) is 5.02. The molecule has 0 radical (unpaired) electrons. The number of hydrogen-bond acceptors (Lipinski definition) is 2. The van der Waals surface area contributed by atoms with Crippen molar-refractivity contribution in [3.63, 3.8) is 0 Å². The third-order valence-corrected chi connectivity index (χ3v) is 2.34. The van der Waals surface area contributed by atoms with E-state index >= 15 is 0 Å². The first kappa shape index (κ1) is 12.2. The van der Waals surface area contributed by atoms with E-state index in [0.717, 1.165) is 11.1 Å². The molecule has 0 bridgehead atoms. The van der Waals surface area contributed by atoms with Crippen LogP contribution in [0.3, 0.4) is 0 Å². The number of carboxylic acids is 1. The van der Waals surface area contributed by atoms with Crippen LogP contribution < -0.4 is 5.32 Å². The molecule has 0 aliphatic heterocycles. The van der Waals surface area contributed by atoms with Crippen molar-refractivity contribution in [1.82, 2.24) is 5.32 Å². The third kappa shape index (κ3) is 2.82. The van der Waals surface area contributed by atoms with Crippen LogP contribution in [0.15, 0.2) is 18.2 Å². The maximum Gasteiger partial charge on any atom is 0.325 e. The van der Waals surface area contributed by atoms with Gasteiger partial charge in [0.2, 0.25) is 0 Å². The second-order valence-corrected chi connectivity index (χ2v) is 3.85. The highest BCUT2D eigenvalue weighted by atomic mass is 16.4. The van der Waals surface area contributed by atoms with Crippen molar-refractivity contribution >= 4 is 11.9 Å². The van der Waals surface area contributed by atoms with E-state index in [9.17, 15) is 9.59 Å². The van der Waals surface area contributed by atoms with Crippen LogP contribution >= 0.6 is 0 Å². The minimum absolute atomic E-state index is 0.354. The van der Waals surface area contributed by atoms with Gasteiger partial charge in [-0.3, -0.25) is 9.59 Å². The first-order chi connectivity index (χ1) is 7.41. The average molecular weight is 221 g/mol. The lowest BCUT2D eigenvalue weighted by Gasteiger charge is -2.11. The zero-order chi connectivity index (χ0) is 12.3. The Balaban J connectivity index is 2.85. The molecule has 4 nitrogen and oxygen atoms in total. The Kier molecular flexibility index (Phi) is 3.66. The van der Waals surface area contributed by atoms with Gasteiger partial charge in [-0.05, 0) is 32.4 Å². The zero-order valence-electron chi connectivity index (χ0n) is 9.57. The molecule has 1 aromatic rings. The topological polar surface area (TPSA) is 66.4 Å². The summed E-state index contributed by atoms with van der Waals surface area (Å²) < 4.78 is 0. The lowest BCUT2D eigenvalue weighted by molar-refractivity contribution is -0.138. The number of carbonyl (C=O) groups excluding carboxylic acids is 1. The van der Waals surface area contributed by atoms with Gasteiger partial charge in [-0.2, -0.15) is 0 Å². The second-order valence-electron chi connectivity index (χ2n) is 3.85. The summed E-state index contributed by atoms with van der Waals surface area (Å²) in [4.78, 5) is 22.3. The highest BCUT2D eigenvalue weighted by Crippen LogP contribution is 2.10. The lowest BCUT2D eigenvalue weighted by Crippen LogP contribution is -2.38. The Hall–Kier alpha value is -1.84. The van der Waals surface area contributed by atoms with Gasteiger partial charge in [0.25, 0.3) is 5.91 Å². The van der Waals surface area contributed by atoms with E-state index < -0.39 is 12.0 Å². The highest BCUT2D eigenvalue weighted by molar-refractivity contribution is 5.97. The molecule has 0 aliphatic rings. The van der Waals surface area contributed by atoms with Crippen LogP contribution in [0.1, 0.15) is 28.4 Å². The molecule has 2 N–H and O–H groups in total. The van der Waals surface area contributed by atoms with E-state index in [0.29, 0.717) is 5.56 Å². The fourth-order valence-corrected chi connectivity index (χ4v) is 1.40. The number of nitrogens with one attached hydrogen (secondary N) is 1. The van der Waals surface area contributed by atoms with Gasteiger partial charge in [-0.25, -0.2) is 0 Å². The maximum absolute atomic E-state index is 11.7. The number of aliphatic carboxylic acids is 1. The van der Waals surface area contributed by atoms with Crippen molar-refractivity contribution in [2.75, 3.05) is 0 Å². The van der Waals surface area contributed by atoms with Crippen LogP contribution in [0.5, 0.6) is 0 Å². The van der Waals surface area contributed by atoms with Crippen LogP contribution in [0.2, 0.25) is 0 Å². The van der Waals surface area contributed by atoms with Gasteiger partial charge >= 0.3 is 5.97 Å². The van der Waals surface area contributed by atoms with E-state index in [4.69, 9.17) is 5.11 Å². The van der Waals surface area contributed by atoms with Crippen molar-refractivity contribution in [1.29, 1.82) is 0 Å². The minimum Gasteiger partial charge on any atom is -0.480 e. The fraction of sp³-hybridized carbons (Fsp3) is 0.333. The lowest BCUT2D eigenvalue weighted by atomic mass is 10.1. The molecule has 0 spiro atoms. The van der Waals surface area contributed by atoms with Gasteiger partial charge in [0.05, 0.1) is 0 Å². The Morgan fingerprint density at radius 1 is 1.31 bits per heavy atom. The summed E-state index contributed by atoms with van der Waals surface area (Å²) in [5.74, 6) is -1.40. The molecular weight excluding hydrogens is 206 g/mol. The van der Waals surface area contributed by atoms with Gasteiger partial charge in [-0.15, -0.1) is 0 Å². The molecule has 0 aromatic heterocycles. The largest absolute Gasteiger partial charge is 0.480 e. The summed E-state index contributed by atoms with van der Waals surface area (Å²) in [6, 6.07) is 4.54. The molecule has 0 aliphatic carbocycles. The predicted octanol–water partition coefficient (Wildman–Crippen LogP) is 1.51. The normalized spacial score (nSPS) is 11.9. The summed E-state index contributed by atoms with van der Waals surface area (Å²) >= 11 is 0. The summed E-state index contributed by atoms with van der Waals surface area (Å²) in [7, 11) is 0. The van der Waals surface area contributed by atoms with Crippen LogP contribution in [0.4, 0.5) is 0 Å². The van der Waals surface area contributed by atoms with Gasteiger partial charge in [0.15, 0.2) is 0 Å². The standard InChI is InChI=1S/C12H15NO3/c1-7-4-5-10(8(2)6-7)11(14)13-9(3)12(15)16/h4-6,9H,1-3H3,(H,13,14)(H,15,16). The van der Waals surface area contributed by atoms with Gasteiger partial charge < -0.3 is 10.4 Å². The number of benzene rings is 1. The quantitative estimate of drug-likeness (QED) is 0.813. The second kappa shape index (κ2) is 4.79. The van der Waals surface area contributed by atoms with Crippen molar-refractivity contribution in [2.45, 2.75) is 26.8 Å². The molecule has 1 atom stereocenters. The smallest absolute Gasteiger partial charge is 0.325 e. The average Bonchev–Trinajstić information content (AvgIpc) is 2.16. The Labute approximate surface area is 94.3 Å². The Morgan fingerprint density at radius 3 is 2.44 bits per heavy atom. The number of rotatable bonds is 3. The molecule has 0 fully saturated rings. The van der Waals surface area contributed by atoms with Crippen LogP contribution in [-0.2, 0) is 4.79 Å². The molecule has 1 aromatic carbocycles. The maximum atomic E-state index is 11.7. The zero-order valence-corrected chi connectivity index (χ0v) is 9.57. The molecule has 4 heteroatoms. The molecule has 86 valence electrons. The monoisotopic (exact) mass is 221 g/mol. The molecule has 0 heterocycles. The van der Waals surface area contributed by atoms with Crippen molar-refractivity contribution in [2.24, 2.45) is 0 Å². The number of hydrogen-bond donors (Lipinski definition) is 2. The minimum atomic E-state index is -1.04. The molecule has 0 saturated heterocycles. The number of carboxylic acid groups (broad SMARTS) is 1. The Morgan fingerprint density at radius 2 is 1.94 bits per heavy atom. The van der Waals surface area contributed by atoms with E-state index in [1.807, 2.05) is 26.0 Å². The SMILES string of the molecule is Cc1ccc(C(=O)NC(C)C(=O)O)c(C)c1. The first-order valence-corrected chi connectivity index (χ1v) is 5.02. The predicted molar refractivity (Wildman–Crippen MR) is 60.5 cm³/mol. The van der Waals surface area contributed by atoms with Crippen LogP contribution in [0, 0.1) is 13.8 Å². The van der Waals surface area contributed by atoms with Gasteiger partial charge in [0.1, 0.15) is 6.04 Å². The molecule has 1 amide bonds. The van der Waals surface area contributed by atoms with Crippen LogP contribution in [-0.4, -0.2) is 23.0 Å². The highest BCUT2D eigenvalue weighted by Gasteiger charge is 2.16. The molecule has 0 saturated carbocycles. The third-order valence-electron chi connectivity index (χ3n) is 2.34. The van der Waals surface area contributed by atoms with Crippen LogP contribution in [0.25, 0.3) is 0 Å². The van der Waals surface area contributed by atoms with Gasteiger partial charge in [-0.1, -0.05) is 17.7 Å². The van der Waals surface area contributed by atoms with E-state index in [2.05, 4.69) is 5.32 Å². The number of aryl methyl sites for hydroxylation is 2. The molecular formula is C12H15NO3. The Bertz CT molecular complexity index is 426. The number of amides is 1. The fourth-order valence-electron chi connectivity index (χ4n) is 1.40. The van der Waals surface area contributed by atoms with E-state index in [1.165, 1.54) is 6.92 Å². The molecule has 16 heavy (non-hydrogen) atoms. The molecule has 1 rings (SSSR count). The summed E-state index contributed by atoms with van der Waals surface area (Å²) in [6.07, 6.45) is 0. The van der Waals surface area contributed by atoms with Gasteiger partial charge in [0, 0.05) is 5.56 Å². The summed E-state index contributed by atoms with van der Waals surface area (Å²) in [5, 5.41) is 11.1. The van der Waals surface area contributed by atoms with Crippen molar-refractivity contribution in [3.8, 4) is 0 Å². The van der Waals surface area contributed by atoms with Crippen molar-refractivity contribution < 1.29 is 14.7 Å².